The molecule has 0 bridgehead atoms. The van der Waals surface area contributed by atoms with E-state index in [9.17, 15) is 9.18 Å². The lowest BCUT2D eigenvalue weighted by atomic mass is 9.95. The highest BCUT2D eigenvalue weighted by molar-refractivity contribution is 9.10. The first kappa shape index (κ1) is 14.9. The van der Waals surface area contributed by atoms with Gasteiger partial charge in [0.2, 0.25) is 0 Å². The van der Waals surface area contributed by atoms with Crippen LogP contribution in [0.15, 0.2) is 16.6 Å². The van der Waals surface area contributed by atoms with Crippen LogP contribution in [0.4, 0.5) is 10.1 Å². The van der Waals surface area contributed by atoms with E-state index in [0.717, 1.165) is 6.07 Å². The van der Waals surface area contributed by atoms with Crippen LogP contribution < -0.4 is 11.1 Å². The molecule has 0 aliphatic rings. The van der Waals surface area contributed by atoms with Crippen LogP contribution in [0.25, 0.3) is 0 Å². The van der Waals surface area contributed by atoms with E-state index < -0.39 is 11.2 Å². The molecule has 0 heterocycles. The highest BCUT2D eigenvalue weighted by Crippen LogP contribution is 2.23. The molecule has 0 atom stereocenters. The summed E-state index contributed by atoms with van der Waals surface area (Å²) in [4.78, 5) is 11.9. The zero-order valence-corrected chi connectivity index (χ0v) is 11.8. The summed E-state index contributed by atoms with van der Waals surface area (Å²) in [5.74, 6) is -0.941. The molecule has 0 aromatic heterocycles. The van der Waals surface area contributed by atoms with Gasteiger partial charge in [-0.25, -0.2) is 4.39 Å². The predicted molar refractivity (Wildman–Crippen MR) is 71.7 cm³/mol. The summed E-state index contributed by atoms with van der Waals surface area (Å²) in [6.07, 6.45) is 0. The summed E-state index contributed by atoms with van der Waals surface area (Å²) in [5, 5.41) is 11.8. The van der Waals surface area contributed by atoms with Gasteiger partial charge >= 0.3 is 0 Å². The predicted octanol–water partition coefficient (Wildman–Crippen LogP) is 1.92. The molecular formula is C12H16BrFN2O2. The van der Waals surface area contributed by atoms with E-state index in [1.54, 1.807) is 0 Å². The monoisotopic (exact) mass is 318 g/mol. The number of carbonyl (C=O) groups excluding carboxylic acids is 1. The van der Waals surface area contributed by atoms with Crippen molar-refractivity contribution in [1.82, 2.24) is 5.32 Å². The van der Waals surface area contributed by atoms with E-state index >= 15 is 0 Å². The molecule has 100 valence electrons. The van der Waals surface area contributed by atoms with Gasteiger partial charge in [-0.1, -0.05) is 13.8 Å². The minimum atomic E-state index is -0.575. The van der Waals surface area contributed by atoms with Crippen LogP contribution in [0.1, 0.15) is 24.2 Å². The molecule has 4 nitrogen and oxygen atoms in total. The molecule has 0 fully saturated rings. The Balaban J connectivity index is 2.82. The number of amides is 1. The molecule has 18 heavy (non-hydrogen) atoms. The van der Waals surface area contributed by atoms with Gasteiger partial charge in [0.15, 0.2) is 0 Å². The Hall–Kier alpha value is -1.14. The third-order valence-corrected chi connectivity index (χ3v) is 3.14. The maximum absolute atomic E-state index is 13.1. The van der Waals surface area contributed by atoms with Crippen molar-refractivity contribution < 1.29 is 14.3 Å². The van der Waals surface area contributed by atoms with Crippen LogP contribution in [0, 0.1) is 11.2 Å². The second-order valence-corrected chi connectivity index (χ2v) is 5.71. The van der Waals surface area contributed by atoms with E-state index in [2.05, 4.69) is 21.2 Å². The zero-order chi connectivity index (χ0) is 13.9. The lowest BCUT2D eigenvalue weighted by Gasteiger charge is -2.22. The summed E-state index contributed by atoms with van der Waals surface area (Å²) in [6, 6.07) is 2.43. The molecule has 0 aliphatic heterocycles. The number of aliphatic hydroxyl groups is 1. The Morgan fingerprint density at radius 3 is 2.72 bits per heavy atom. The number of aliphatic hydroxyl groups excluding tert-OH is 1. The van der Waals surface area contributed by atoms with Gasteiger partial charge in [-0.2, -0.15) is 0 Å². The molecule has 1 amide bonds. The van der Waals surface area contributed by atoms with Crippen molar-refractivity contribution in [3.63, 3.8) is 0 Å². The second kappa shape index (κ2) is 5.67. The molecule has 1 aromatic rings. The molecule has 0 radical (unpaired) electrons. The smallest absolute Gasteiger partial charge is 0.252 e. The van der Waals surface area contributed by atoms with E-state index in [1.165, 1.54) is 6.07 Å². The van der Waals surface area contributed by atoms with Gasteiger partial charge in [-0.15, -0.1) is 0 Å². The first-order valence-electron chi connectivity index (χ1n) is 5.40. The van der Waals surface area contributed by atoms with Crippen LogP contribution in [0.3, 0.4) is 0 Å². The molecule has 4 N–H and O–H groups in total. The standard InChI is InChI=1S/C12H16BrFN2O2/c1-12(2,6-17)5-16-11(18)7-3-10(15)9(14)4-8(7)13/h3-4,17H,5-6,15H2,1-2H3,(H,16,18). The molecule has 0 spiro atoms. The van der Waals surface area contributed by atoms with Crippen LogP contribution in [-0.2, 0) is 0 Å². The number of nitrogens with two attached hydrogens (primary N) is 1. The van der Waals surface area contributed by atoms with Gasteiger partial charge < -0.3 is 16.2 Å². The van der Waals surface area contributed by atoms with Crippen molar-refractivity contribution in [2.24, 2.45) is 5.41 Å². The SMILES string of the molecule is CC(C)(CO)CNC(=O)c1cc(N)c(F)cc1Br. The van der Waals surface area contributed by atoms with Gasteiger partial charge in [0, 0.05) is 23.0 Å². The Kier molecular flexibility index (Phi) is 4.70. The number of hydrogen-bond acceptors (Lipinski definition) is 3. The number of hydrogen-bond donors (Lipinski definition) is 3. The van der Waals surface area contributed by atoms with Crippen molar-refractivity contribution in [2.75, 3.05) is 18.9 Å². The highest BCUT2D eigenvalue weighted by Gasteiger charge is 2.19. The van der Waals surface area contributed by atoms with Crippen molar-refractivity contribution in [2.45, 2.75) is 13.8 Å². The van der Waals surface area contributed by atoms with Crippen molar-refractivity contribution in [1.29, 1.82) is 0 Å². The lowest BCUT2D eigenvalue weighted by molar-refractivity contribution is 0.0910. The molecule has 0 saturated carbocycles. The third kappa shape index (κ3) is 3.68. The average Bonchev–Trinajstić information content (AvgIpc) is 2.31. The number of nitrogens with one attached hydrogen (secondary N) is 1. The van der Waals surface area contributed by atoms with E-state index in [0.29, 0.717) is 11.0 Å². The molecule has 1 aromatic carbocycles. The Morgan fingerprint density at radius 2 is 2.17 bits per heavy atom. The van der Waals surface area contributed by atoms with Crippen molar-refractivity contribution in [3.05, 3.63) is 28.0 Å². The summed E-state index contributed by atoms with van der Waals surface area (Å²) in [5.41, 5.74) is 5.20. The fourth-order valence-corrected chi connectivity index (χ4v) is 1.71. The Morgan fingerprint density at radius 1 is 1.56 bits per heavy atom. The summed E-state index contributed by atoms with van der Waals surface area (Å²) >= 11 is 3.11. The van der Waals surface area contributed by atoms with E-state index in [4.69, 9.17) is 10.8 Å². The van der Waals surface area contributed by atoms with E-state index in [-0.39, 0.29) is 23.8 Å². The number of rotatable bonds is 4. The molecular weight excluding hydrogens is 303 g/mol. The average molecular weight is 319 g/mol. The number of carbonyl (C=O) groups is 1. The van der Waals surface area contributed by atoms with Crippen LogP contribution >= 0.6 is 15.9 Å². The van der Waals surface area contributed by atoms with Gasteiger partial charge in [0.25, 0.3) is 5.91 Å². The maximum Gasteiger partial charge on any atom is 0.252 e. The van der Waals surface area contributed by atoms with Crippen LogP contribution in [-0.4, -0.2) is 24.2 Å². The summed E-state index contributed by atoms with van der Waals surface area (Å²) < 4.78 is 13.5. The fraction of sp³-hybridized carbons (Fsp3) is 0.417. The van der Waals surface area contributed by atoms with E-state index in [1.807, 2.05) is 13.8 Å². The summed E-state index contributed by atoms with van der Waals surface area (Å²) in [7, 11) is 0. The van der Waals surface area contributed by atoms with Gasteiger partial charge in [0.1, 0.15) is 5.82 Å². The van der Waals surface area contributed by atoms with Crippen molar-refractivity contribution in [3.8, 4) is 0 Å². The van der Waals surface area contributed by atoms with Gasteiger partial charge in [-0.05, 0) is 28.1 Å². The van der Waals surface area contributed by atoms with Gasteiger partial charge in [0.05, 0.1) is 11.3 Å². The van der Waals surface area contributed by atoms with Crippen molar-refractivity contribution >= 4 is 27.5 Å². The first-order valence-corrected chi connectivity index (χ1v) is 6.20. The normalized spacial score (nSPS) is 11.4. The number of nitrogen functional groups attached to an aromatic ring is 1. The fourth-order valence-electron chi connectivity index (χ4n) is 1.21. The zero-order valence-electron chi connectivity index (χ0n) is 10.3. The quantitative estimate of drug-likeness (QED) is 0.742. The molecule has 0 unspecified atom stereocenters. The number of halogens is 2. The lowest BCUT2D eigenvalue weighted by Crippen LogP contribution is -2.36. The van der Waals surface area contributed by atoms with Gasteiger partial charge in [-0.3, -0.25) is 4.79 Å². The number of benzene rings is 1. The molecule has 1 rings (SSSR count). The minimum Gasteiger partial charge on any atom is -0.396 e. The van der Waals surface area contributed by atoms with Crippen LogP contribution in [0.5, 0.6) is 0 Å². The first-order chi connectivity index (χ1) is 8.26. The third-order valence-electron chi connectivity index (χ3n) is 2.49. The Labute approximate surface area is 113 Å². The minimum absolute atomic E-state index is 0.0417. The topological polar surface area (TPSA) is 75.3 Å². The molecule has 0 aliphatic carbocycles. The van der Waals surface area contributed by atoms with Crippen LogP contribution in [0.2, 0.25) is 0 Å². The number of anilines is 1. The summed E-state index contributed by atoms with van der Waals surface area (Å²) in [6.45, 7) is 3.91. The largest absolute Gasteiger partial charge is 0.396 e. The molecule has 0 saturated heterocycles. The molecule has 6 heteroatoms. The Bertz CT molecular complexity index is 464. The maximum atomic E-state index is 13.1. The second-order valence-electron chi connectivity index (χ2n) is 4.86. The highest BCUT2D eigenvalue weighted by atomic mass is 79.9.